The van der Waals surface area contributed by atoms with Crippen molar-refractivity contribution in [1.29, 1.82) is 0 Å². The molecule has 2 rings (SSSR count). The molecule has 0 radical (unpaired) electrons. The average Bonchev–Trinajstić information content (AvgIpc) is 2.41. The van der Waals surface area contributed by atoms with Crippen LogP contribution in [0.3, 0.4) is 0 Å². The third kappa shape index (κ3) is 3.11. The van der Waals surface area contributed by atoms with Crippen molar-refractivity contribution in [3.63, 3.8) is 0 Å². The Morgan fingerprint density at radius 1 is 1.40 bits per heavy atom. The van der Waals surface area contributed by atoms with Crippen molar-refractivity contribution >= 4 is 23.2 Å². The van der Waals surface area contributed by atoms with Gasteiger partial charge in [0.2, 0.25) is 0 Å². The van der Waals surface area contributed by atoms with E-state index < -0.39 is 5.82 Å². The molecular weight excluding hydrogens is 298 g/mol. The number of rotatable bonds is 3. The van der Waals surface area contributed by atoms with Crippen LogP contribution in [0.25, 0.3) is 0 Å². The summed E-state index contributed by atoms with van der Waals surface area (Å²) in [6.07, 6.45) is 2.32. The molecule has 2 nitrogen and oxygen atoms in total. The smallest absolute Gasteiger partial charge is 0.142 e. The minimum absolute atomic E-state index is 0.0329. The van der Waals surface area contributed by atoms with Gasteiger partial charge in [-0.05, 0) is 49.9 Å². The van der Waals surface area contributed by atoms with Crippen LogP contribution >= 0.6 is 23.2 Å². The number of hydrogen-bond acceptors (Lipinski definition) is 2. The molecule has 0 spiro atoms. The van der Waals surface area contributed by atoms with Crippen molar-refractivity contribution in [1.82, 2.24) is 4.90 Å². The zero-order chi connectivity index (χ0) is 14.9. The van der Waals surface area contributed by atoms with Crippen molar-refractivity contribution < 1.29 is 4.39 Å². The number of nitrogens with two attached hydrogens (primary N) is 1. The molecule has 20 heavy (non-hydrogen) atoms. The monoisotopic (exact) mass is 318 g/mol. The van der Waals surface area contributed by atoms with Crippen molar-refractivity contribution in [3.05, 3.63) is 33.6 Å². The van der Waals surface area contributed by atoms with Gasteiger partial charge in [0.15, 0.2) is 0 Å². The molecule has 1 aromatic rings. The van der Waals surface area contributed by atoms with E-state index in [1.54, 1.807) is 0 Å². The van der Waals surface area contributed by atoms with Crippen LogP contribution in [0, 0.1) is 11.7 Å². The van der Waals surface area contributed by atoms with Gasteiger partial charge in [-0.2, -0.15) is 0 Å². The lowest BCUT2D eigenvalue weighted by atomic mass is 9.88. The Hall–Kier alpha value is -0.350. The second kappa shape index (κ2) is 6.61. The zero-order valence-corrected chi connectivity index (χ0v) is 13.4. The van der Waals surface area contributed by atoms with Crippen molar-refractivity contribution in [3.8, 4) is 0 Å². The van der Waals surface area contributed by atoms with Gasteiger partial charge in [0, 0.05) is 23.7 Å². The molecule has 112 valence electrons. The highest BCUT2D eigenvalue weighted by atomic mass is 35.5. The summed E-state index contributed by atoms with van der Waals surface area (Å²) in [5.41, 5.74) is 6.70. The summed E-state index contributed by atoms with van der Waals surface area (Å²) in [5.74, 6) is 0.124. The largest absolute Gasteiger partial charge is 0.329 e. The molecule has 0 bridgehead atoms. The van der Waals surface area contributed by atoms with E-state index in [0.29, 0.717) is 23.5 Å². The van der Waals surface area contributed by atoms with Gasteiger partial charge in [0.1, 0.15) is 5.82 Å². The number of likely N-dealkylation sites (tertiary alicyclic amines) is 1. The van der Waals surface area contributed by atoms with Gasteiger partial charge in [0.25, 0.3) is 0 Å². The van der Waals surface area contributed by atoms with E-state index in [0.717, 1.165) is 18.5 Å². The average molecular weight is 319 g/mol. The number of nitrogens with zero attached hydrogens (tertiary/aromatic N) is 1. The van der Waals surface area contributed by atoms with Crippen LogP contribution < -0.4 is 5.73 Å². The van der Waals surface area contributed by atoms with Crippen molar-refractivity contribution in [2.45, 2.75) is 38.8 Å². The van der Waals surface area contributed by atoms with Crippen molar-refractivity contribution in [2.75, 3.05) is 13.1 Å². The summed E-state index contributed by atoms with van der Waals surface area (Å²) in [6, 6.07) is 3.27. The quantitative estimate of drug-likeness (QED) is 0.844. The highest BCUT2D eigenvalue weighted by molar-refractivity contribution is 6.35. The maximum Gasteiger partial charge on any atom is 0.142 e. The van der Waals surface area contributed by atoms with Crippen LogP contribution in [0.5, 0.6) is 0 Å². The molecule has 3 atom stereocenters. The fraction of sp³-hybridized carbons (Fsp3) is 0.600. The minimum atomic E-state index is -0.424. The zero-order valence-electron chi connectivity index (χ0n) is 11.9. The van der Waals surface area contributed by atoms with E-state index in [1.807, 2.05) is 0 Å². The maximum atomic E-state index is 13.7. The number of hydrogen-bond donors (Lipinski definition) is 1. The first kappa shape index (κ1) is 16.0. The van der Waals surface area contributed by atoms with Gasteiger partial charge in [-0.3, -0.25) is 4.90 Å². The molecule has 0 saturated carbocycles. The molecule has 1 aliphatic rings. The van der Waals surface area contributed by atoms with Gasteiger partial charge in [-0.15, -0.1) is 0 Å². The fourth-order valence-corrected chi connectivity index (χ4v) is 3.71. The van der Waals surface area contributed by atoms with Crippen LogP contribution in [-0.2, 0) is 0 Å². The number of piperidine rings is 1. The fourth-order valence-electron chi connectivity index (χ4n) is 3.17. The molecule has 1 aromatic carbocycles. The summed E-state index contributed by atoms with van der Waals surface area (Å²) < 4.78 is 13.7. The summed E-state index contributed by atoms with van der Waals surface area (Å²) >= 11 is 12.0. The lowest BCUT2D eigenvalue weighted by Crippen LogP contribution is -2.49. The summed E-state index contributed by atoms with van der Waals surface area (Å²) in [5, 5.41) is 0.575. The standard InChI is InChI=1S/C15H21Cl2FN2/c1-9-4-3-5-20(15(9)8-19)10(2)11-6-14(18)13(17)7-12(11)16/h6-7,9-10,15H,3-5,8,19H2,1-2H3. The predicted molar refractivity (Wildman–Crippen MR) is 82.8 cm³/mol. The molecule has 1 saturated heterocycles. The summed E-state index contributed by atoms with van der Waals surface area (Å²) in [7, 11) is 0. The van der Waals surface area contributed by atoms with Crippen molar-refractivity contribution in [2.24, 2.45) is 11.7 Å². The second-order valence-electron chi connectivity index (χ2n) is 5.62. The molecule has 2 N–H and O–H groups in total. The van der Waals surface area contributed by atoms with Crippen LogP contribution in [0.1, 0.15) is 38.3 Å². The second-order valence-corrected chi connectivity index (χ2v) is 6.44. The van der Waals surface area contributed by atoms with Crippen LogP contribution in [0.4, 0.5) is 4.39 Å². The Balaban J connectivity index is 2.30. The van der Waals surface area contributed by atoms with Crippen LogP contribution in [0.15, 0.2) is 12.1 Å². The van der Waals surface area contributed by atoms with E-state index in [9.17, 15) is 4.39 Å². The maximum absolute atomic E-state index is 13.7. The lowest BCUT2D eigenvalue weighted by Gasteiger charge is -2.43. The Labute approximate surface area is 130 Å². The van der Waals surface area contributed by atoms with E-state index in [2.05, 4.69) is 18.7 Å². The van der Waals surface area contributed by atoms with E-state index in [4.69, 9.17) is 28.9 Å². The van der Waals surface area contributed by atoms with Gasteiger partial charge in [0.05, 0.1) is 5.02 Å². The van der Waals surface area contributed by atoms with Crippen LogP contribution in [-0.4, -0.2) is 24.0 Å². The molecule has 1 aliphatic heterocycles. The Morgan fingerprint density at radius 3 is 2.75 bits per heavy atom. The van der Waals surface area contributed by atoms with Gasteiger partial charge < -0.3 is 5.73 Å². The van der Waals surface area contributed by atoms with E-state index >= 15 is 0 Å². The molecular formula is C15H21Cl2FN2. The number of halogens is 3. The molecule has 0 aromatic heterocycles. The molecule has 0 amide bonds. The first-order valence-electron chi connectivity index (χ1n) is 7.06. The van der Waals surface area contributed by atoms with E-state index in [-0.39, 0.29) is 11.1 Å². The highest BCUT2D eigenvalue weighted by Crippen LogP contribution is 2.35. The minimum Gasteiger partial charge on any atom is -0.329 e. The van der Waals surface area contributed by atoms with Gasteiger partial charge >= 0.3 is 0 Å². The third-order valence-electron chi connectivity index (χ3n) is 4.39. The number of benzene rings is 1. The van der Waals surface area contributed by atoms with Gasteiger partial charge in [-0.25, -0.2) is 4.39 Å². The summed E-state index contributed by atoms with van der Waals surface area (Å²) in [6.45, 7) is 5.85. The molecule has 1 fully saturated rings. The normalized spacial score (nSPS) is 25.7. The molecule has 0 aliphatic carbocycles. The SMILES string of the molecule is CC1CCCN(C(C)c2cc(F)c(Cl)cc2Cl)C1CN. The first-order chi connectivity index (χ1) is 9.45. The van der Waals surface area contributed by atoms with Crippen LogP contribution in [0.2, 0.25) is 10.0 Å². The Morgan fingerprint density at radius 2 is 2.10 bits per heavy atom. The molecule has 3 unspecified atom stereocenters. The van der Waals surface area contributed by atoms with Gasteiger partial charge in [-0.1, -0.05) is 30.1 Å². The Bertz CT molecular complexity index is 481. The Kier molecular flexibility index (Phi) is 5.30. The predicted octanol–water partition coefficient (Wildman–Crippen LogP) is 4.25. The van der Waals surface area contributed by atoms with E-state index in [1.165, 1.54) is 18.6 Å². The summed E-state index contributed by atoms with van der Waals surface area (Å²) in [4.78, 5) is 2.34. The highest BCUT2D eigenvalue weighted by Gasteiger charge is 2.32. The lowest BCUT2D eigenvalue weighted by molar-refractivity contribution is 0.0689. The molecule has 5 heteroatoms. The topological polar surface area (TPSA) is 29.3 Å². The third-order valence-corrected chi connectivity index (χ3v) is 5.00. The molecule has 1 heterocycles. The first-order valence-corrected chi connectivity index (χ1v) is 7.81.